The van der Waals surface area contributed by atoms with Crippen LogP contribution >= 0.6 is 23.1 Å². The lowest BCUT2D eigenvalue weighted by Crippen LogP contribution is -2.40. The molecule has 3 heterocycles. The number of thioether (sulfide) groups is 1. The van der Waals surface area contributed by atoms with Crippen molar-refractivity contribution in [3.05, 3.63) is 41.3 Å². The molecule has 0 aliphatic carbocycles. The summed E-state index contributed by atoms with van der Waals surface area (Å²) in [5.74, 6) is 0.994. The Balaban J connectivity index is 1.50. The Bertz CT molecular complexity index is 952. The van der Waals surface area contributed by atoms with Crippen molar-refractivity contribution in [1.82, 2.24) is 4.31 Å². The number of hydrogen-bond acceptors (Lipinski definition) is 6. The summed E-state index contributed by atoms with van der Waals surface area (Å²) in [6, 6.07) is 11.3. The molecule has 9 heteroatoms. The van der Waals surface area contributed by atoms with Crippen LogP contribution in [0.2, 0.25) is 0 Å². The van der Waals surface area contributed by atoms with Crippen LogP contribution in [0, 0.1) is 0 Å². The number of anilines is 1. The van der Waals surface area contributed by atoms with Gasteiger partial charge in [-0.2, -0.15) is 4.31 Å². The molecule has 2 aliphatic rings. The summed E-state index contributed by atoms with van der Waals surface area (Å²) in [4.78, 5) is 16.7. The third-order valence-electron chi connectivity index (χ3n) is 4.77. The van der Waals surface area contributed by atoms with E-state index in [1.54, 1.807) is 23.9 Å². The number of para-hydroxylation sites is 1. The fourth-order valence-electron chi connectivity index (χ4n) is 3.34. The number of amides is 1. The quantitative estimate of drug-likeness (QED) is 0.734. The topological polar surface area (TPSA) is 66.9 Å². The normalized spacial score (nSPS) is 18.5. The monoisotopic (exact) mass is 438 g/mol. The number of fused-ring (bicyclic) bond motifs is 1. The smallest absolute Gasteiger partial charge is 0.252 e. The van der Waals surface area contributed by atoms with Crippen LogP contribution in [0.3, 0.4) is 0 Å². The molecule has 2 aromatic rings. The third kappa shape index (κ3) is 4.13. The van der Waals surface area contributed by atoms with Gasteiger partial charge in [0.1, 0.15) is 4.21 Å². The molecule has 0 radical (unpaired) electrons. The van der Waals surface area contributed by atoms with Gasteiger partial charge in [-0.15, -0.1) is 23.1 Å². The number of thiophene rings is 1. The zero-order chi connectivity index (χ0) is 19.6. The molecule has 0 N–H and O–H groups in total. The number of morpholine rings is 1. The second kappa shape index (κ2) is 8.54. The van der Waals surface area contributed by atoms with Crippen LogP contribution in [0.1, 0.15) is 11.3 Å². The zero-order valence-electron chi connectivity index (χ0n) is 15.4. The maximum Gasteiger partial charge on any atom is 0.252 e. The van der Waals surface area contributed by atoms with Gasteiger partial charge >= 0.3 is 0 Å². The van der Waals surface area contributed by atoms with E-state index in [9.17, 15) is 13.2 Å². The van der Waals surface area contributed by atoms with E-state index in [4.69, 9.17) is 4.74 Å². The molecule has 1 fully saturated rings. The van der Waals surface area contributed by atoms with Crippen molar-refractivity contribution in [3.8, 4) is 0 Å². The molecule has 2 aliphatic heterocycles. The number of hydrogen-bond donors (Lipinski definition) is 0. The molecule has 1 amide bonds. The fourth-order valence-corrected chi connectivity index (χ4v) is 7.24. The first-order chi connectivity index (χ1) is 13.6. The second-order valence-corrected chi connectivity index (χ2v) is 11.1. The van der Waals surface area contributed by atoms with E-state index < -0.39 is 10.0 Å². The molecule has 0 saturated carbocycles. The lowest BCUT2D eigenvalue weighted by molar-refractivity contribution is -0.118. The highest BCUT2D eigenvalue weighted by Crippen LogP contribution is 2.34. The Morgan fingerprint density at radius 2 is 1.86 bits per heavy atom. The molecule has 4 rings (SSSR count). The molecule has 6 nitrogen and oxygen atoms in total. The van der Waals surface area contributed by atoms with Crippen molar-refractivity contribution in [1.29, 1.82) is 0 Å². The highest BCUT2D eigenvalue weighted by atomic mass is 32.2. The van der Waals surface area contributed by atoms with Gasteiger partial charge in [0.2, 0.25) is 5.91 Å². The summed E-state index contributed by atoms with van der Waals surface area (Å²) in [6.07, 6.45) is 1.15. The first kappa shape index (κ1) is 19.9. The molecule has 1 saturated heterocycles. The summed E-state index contributed by atoms with van der Waals surface area (Å²) in [5, 5.41) is 0. The minimum Gasteiger partial charge on any atom is -0.379 e. The molecule has 0 bridgehead atoms. The van der Waals surface area contributed by atoms with Gasteiger partial charge < -0.3 is 9.64 Å². The molecule has 0 atom stereocenters. The van der Waals surface area contributed by atoms with Gasteiger partial charge in [0, 0.05) is 29.4 Å². The lowest BCUT2D eigenvalue weighted by atomic mass is 10.2. The van der Waals surface area contributed by atoms with E-state index in [0.717, 1.165) is 27.6 Å². The van der Waals surface area contributed by atoms with Gasteiger partial charge in [-0.05, 0) is 36.4 Å². The summed E-state index contributed by atoms with van der Waals surface area (Å²) in [6.45, 7) is 2.27. The number of sulfonamides is 1. The third-order valence-corrected chi connectivity index (χ3v) is 9.37. The van der Waals surface area contributed by atoms with E-state index in [0.29, 0.717) is 37.1 Å². The van der Waals surface area contributed by atoms with E-state index in [1.807, 2.05) is 29.2 Å². The van der Waals surface area contributed by atoms with Gasteiger partial charge in [0.25, 0.3) is 10.0 Å². The number of carbonyl (C=O) groups is 1. The minimum absolute atomic E-state index is 0.00659. The van der Waals surface area contributed by atoms with Crippen molar-refractivity contribution >= 4 is 44.7 Å². The Hall–Kier alpha value is -1.39. The minimum atomic E-state index is -3.51. The van der Waals surface area contributed by atoms with Gasteiger partial charge in [-0.3, -0.25) is 4.79 Å². The van der Waals surface area contributed by atoms with Crippen molar-refractivity contribution in [2.45, 2.75) is 21.9 Å². The van der Waals surface area contributed by atoms with Crippen molar-refractivity contribution in [2.75, 3.05) is 43.5 Å². The second-order valence-electron chi connectivity index (χ2n) is 6.63. The van der Waals surface area contributed by atoms with Crippen LogP contribution in [0.15, 0.2) is 45.5 Å². The summed E-state index contributed by atoms with van der Waals surface area (Å²) in [5.41, 5.74) is 0.952. The highest BCUT2D eigenvalue weighted by Gasteiger charge is 2.28. The number of ether oxygens (including phenoxy) is 1. The number of benzene rings is 1. The van der Waals surface area contributed by atoms with Crippen molar-refractivity contribution < 1.29 is 17.9 Å². The maximum absolute atomic E-state index is 13.0. The predicted octanol–water partition coefficient (Wildman–Crippen LogP) is 2.84. The fraction of sp³-hybridized carbons (Fsp3) is 0.421. The van der Waals surface area contributed by atoms with Crippen LogP contribution in [0.5, 0.6) is 0 Å². The molecular weight excluding hydrogens is 416 g/mol. The van der Waals surface area contributed by atoms with Crippen LogP contribution in [0.25, 0.3) is 0 Å². The zero-order valence-corrected chi connectivity index (χ0v) is 17.8. The number of carbonyl (C=O) groups excluding carboxylic acids is 1. The average molecular weight is 439 g/mol. The highest BCUT2D eigenvalue weighted by molar-refractivity contribution is 7.99. The van der Waals surface area contributed by atoms with Crippen molar-refractivity contribution in [2.24, 2.45) is 0 Å². The van der Waals surface area contributed by atoms with Crippen LogP contribution < -0.4 is 4.90 Å². The number of nitrogens with zero attached hydrogens (tertiary/aromatic N) is 2. The molecule has 1 aromatic carbocycles. The van der Waals surface area contributed by atoms with Gasteiger partial charge in [0.15, 0.2) is 0 Å². The van der Waals surface area contributed by atoms with Crippen LogP contribution in [0.4, 0.5) is 5.69 Å². The van der Waals surface area contributed by atoms with Gasteiger partial charge in [0.05, 0.1) is 25.3 Å². The van der Waals surface area contributed by atoms with E-state index >= 15 is 0 Å². The van der Waals surface area contributed by atoms with E-state index in [2.05, 4.69) is 0 Å². The van der Waals surface area contributed by atoms with Crippen molar-refractivity contribution in [3.63, 3.8) is 0 Å². The SMILES string of the molecule is O=C(Cc1ccc(S(=O)(=O)N2CCOCC2)s1)N1CCCSc2ccccc21. The molecule has 150 valence electrons. The Morgan fingerprint density at radius 3 is 2.68 bits per heavy atom. The van der Waals surface area contributed by atoms with Gasteiger partial charge in [-0.1, -0.05) is 12.1 Å². The Kier molecular flexibility index (Phi) is 6.07. The van der Waals surface area contributed by atoms with E-state index in [-0.39, 0.29) is 12.3 Å². The molecule has 0 spiro atoms. The van der Waals surface area contributed by atoms with E-state index in [1.165, 1.54) is 15.6 Å². The van der Waals surface area contributed by atoms with Crippen LogP contribution in [-0.4, -0.2) is 57.2 Å². The Morgan fingerprint density at radius 1 is 1.07 bits per heavy atom. The Labute approximate surface area is 173 Å². The largest absolute Gasteiger partial charge is 0.379 e. The molecule has 1 aromatic heterocycles. The standard InChI is InChI=1S/C19H22N2O4S3/c22-18(21-8-3-13-26-17-5-2-1-4-16(17)21)14-15-6-7-19(27-15)28(23,24)20-9-11-25-12-10-20/h1-2,4-7H,3,8-14H2. The summed E-state index contributed by atoms with van der Waals surface area (Å²) >= 11 is 2.96. The first-order valence-electron chi connectivity index (χ1n) is 9.24. The van der Waals surface area contributed by atoms with Crippen LogP contribution in [-0.2, 0) is 26.0 Å². The maximum atomic E-state index is 13.0. The summed E-state index contributed by atoms with van der Waals surface area (Å²) < 4.78 is 32.5. The first-order valence-corrected chi connectivity index (χ1v) is 12.5. The summed E-state index contributed by atoms with van der Waals surface area (Å²) in [7, 11) is -3.51. The molecule has 28 heavy (non-hydrogen) atoms. The van der Waals surface area contributed by atoms with Gasteiger partial charge in [-0.25, -0.2) is 8.42 Å². The lowest BCUT2D eigenvalue weighted by Gasteiger charge is -2.25. The predicted molar refractivity (Wildman–Crippen MR) is 112 cm³/mol. The molecule has 0 unspecified atom stereocenters. The molecular formula is C19H22N2O4S3. The average Bonchev–Trinajstić information content (AvgIpc) is 3.08. The number of rotatable bonds is 4.